The van der Waals surface area contributed by atoms with Gasteiger partial charge in [-0.25, -0.2) is 4.98 Å². The maximum absolute atomic E-state index is 12.2. The number of aromatic nitrogens is 2. The van der Waals surface area contributed by atoms with Gasteiger partial charge >= 0.3 is 0 Å². The monoisotopic (exact) mass is 475 g/mol. The number of nitrogens with zero attached hydrogens (tertiary/aromatic N) is 4. The summed E-state index contributed by atoms with van der Waals surface area (Å²) >= 11 is 13.4. The van der Waals surface area contributed by atoms with Crippen molar-refractivity contribution in [2.45, 2.75) is 6.42 Å². The van der Waals surface area contributed by atoms with E-state index < -0.39 is 0 Å². The number of hydrogen-bond acceptors (Lipinski definition) is 6. The number of anilines is 1. The Labute approximate surface area is 196 Å². The van der Waals surface area contributed by atoms with Gasteiger partial charge in [-0.2, -0.15) is 4.37 Å². The second kappa shape index (κ2) is 10.4. The topological polar surface area (TPSA) is 61.4 Å². The van der Waals surface area contributed by atoms with Crippen LogP contribution in [0.2, 0.25) is 10.0 Å². The predicted molar refractivity (Wildman–Crippen MR) is 127 cm³/mol. The van der Waals surface area contributed by atoms with E-state index >= 15 is 0 Å². The van der Waals surface area contributed by atoms with E-state index in [1.165, 1.54) is 11.5 Å². The highest BCUT2D eigenvalue weighted by Gasteiger charge is 2.20. The van der Waals surface area contributed by atoms with E-state index in [4.69, 9.17) is 28.2 Å². The summed E-state index contributed by atoms with van der Waals surface area (Å²) in [5.41, 5.74) is 1.74. The van der Waals surface area contributed by atoms with E-state index in [1.807, 2.05) is 24.3 Å². The number of carbonyl (C=O) groups is 1. The van der Waals surface area contributed by atoms with E-state index in [0.29, 0.717) is 23.6 Å². The molecule has 1 fully saturated rings. The molecule has 1 aliphatic rings. The second-order valence-electron chi connectivity index (χ2n) is 7.39. The number of nitrogens with one attached hydrogen (secondary N) is 1. The third-order valence-corrected chi connectivity index (χ3v) is 6.48. The summed E-state index contributed by atoms with van der Waals surface area (Å²) in [5.74, 6) is 0.747. The summed E-state index contributed by atoms with van der Waals surface area (Å²) in [6.45, 7) is 5.08. The highest BCUT2D eigenvalue weighted by molar-refractivity contribution is 7.09. The minimum atomic E-state index is -0.0942. The van der Waals surface area contributed by atoms with Crippen LogP contribution in [0.25, 0.3) is 0 Å². The van der Waals surface area contributed by atoms with Crippen LogP contribution < -0.4 is 10.2 Å². The fraction of sp³-hybridized carbons (Fsp3) is 0.318. The second-order valence-corrected chi connectivity index (χ2v) is 8.99. The molecule has 2 aromatic carbocycles. The van der Waals surface area contributed by atoms with E-state index in [0.717, 1.165) is 54.3 Å². The van der Waals surface area contributed by atoms with Crippen molar-refractivity contribution in [2.24, 2.45) is 0 Å². The molecule has 1 aliphatic heterocycles. The lowest BCUT2D eigenvalue weighted by atomic mass is 10.1. The molecule has 31 heavy (non-hydrogen) atoms. The number of piperazine rings is 1. The number of amides is 1. The van der Waals surface area contributed by atoms with Gasteiger partial charge in [0.15, 0.2) is 0 Å². The lowest BCUT2D eigenvalue weighted by Crippen LogP contribution is -2.48. The van der Waals surface area contributed by atoms with Gasteiger partial charge in [0.1, 0.15) is 5.82 Å². The highest BCUT2D eigenvalue weighted by Crippen LogP contribution is 2.21. The first-order valence-corrected chi connectivity index (χ1v) is 11.7. The van der Waals surface area contributed by atoms with Gasteiger partial charge in [0, 0.05) is 72.8 Å². The van der Waals surface area contributed by atoms with Crippen LogP contribution in [-0.4, -0.2) is 59.4 Å². The Balaban J connectivity index is 1.20. The molecule has 162 valence electrons. The van der Waals surface area contributed by atoms with Crippen LogP contribution in [0, 0.1) is 0 Å². The zero-order valence-corrected chi connectivity index (χ0v) is 19.3. The van der Waals surface area contributed by atoms with E-state index in [9.17, 15) is 4.79 Å². The van der Waals surface area contributed by atoms with Crippen LogP contribution in [0.3, 0.4) is 0 Å². The SMILES string of the molecule is O=C(NCCN1CCN(c2nc(Cc3ccc(Cl)cc3)ns2)CC1)c1cccc(Cl)c1. The maximum Gasteiger partial charge on any atom is 0.251 e. The summed E-state index contributed by atoms with van der Waals surface area (Å²) in [7, 11) is 0. The van der Waals surface area contributed by atoms with Gasteiger partial charge in [0.2, 0.25) is 5.13 Å². The van der Waals surface area contributed by atoms with Gasteiger partial charge in [-0.3, -0.25) is 9.69 Å². The van der Waals surface area contributed by atoms with E-state index in [-0.39, 0.29) is 5.91 Å². The molecule has 0 radical (unpaired) electrons. The van der Waals surface area contributed by atoms with Crippen LogP contribution in [0.4, 0.5) is 5.13 Å². The molecule has 1 saturated heterocycles. The molecule has 4 rings (SSSR count). The summed E-state index contributed by atoms with van der Waals surface area (Å²) in [5, 5.41) is 5.24. The Hall–Kier alpha value is -2.19. The number of rotatable bonds is 7. The largest absolute Gasteiger partial charge is 0.351 e. The Kier molecular flexibility index (Phi) is 7.40. The third-order valence-electron chi connectivity index (χ3n) is 5.18. The lowest BCUT2D eigenvalue weighted by Gasteiger charge is -2.34. The van der Waals surface area contributed by atoms with Crippen molar-refractivity contribution in [2.75, 3.05) is 44.2 Å². The van der Waals surface area contributed by atoms with Crippen molar-refractivity contribution < 1.29 is 4.79 Å². The molecular weight excluding hydrogens is 453 g/mol. The maximum atomic E-state index is 12.2. The van der Waals surface area contributed by atoms with Crippen LogP contribution in [-0.2, 0) is 6.42 Å². The van der Waals surface area contributed by atoms with Crippen LogP contribution in [0.15, 0.2) is 48.5 Å². The van der Waals surface area contributed by atoms with Gasteiger partial charge < -0.3 is 10.2 Å². The summed E-state index contributed by atoms with van der Waals surface area (Å²) in [6, 6.07) is 14.8. The molecule has 1 amide bonds. The number of carbonyl (C=O) groups excluding carboxylic acids is 1. The molecule has 0 aliphatic carbocycles. The Morgan fingerprint density at radius 2 is 1.81 bits per heavy atom. The Morgan fingerprint density at radius 1 is 1.03 bits per heavy atom. The quantitative estimate of drug-likeness (QED) is 0.559. The summed E-state index contributed by atoms with van der Waals surface area (Å²) in [4.78, 5) is 21.6. The first-order valence-electron chi connectivity index (χ1n) is 10.1. The number of hydrogen-bond donors (Lipinski definition) is 1. The van der Waals surface area contributed by atoms with Gasteiger partial charge in [-0.15, -0.1) is 0 Å². The summed E-state index contributed by atoms with van der Waals surface area (Å²) in [6.07, 6.45) is 0.708. The van der Waals surface area contributed by atoms with Gasteiger partial charge in [-0.05, 0) is 35.9 Å². The highest BCUT2D eigenvalue weighted by atomic mass is 35.5. The molecule has 0 bridgehead atoms. The molecular formula is C22H23Cl2N5OS. The number of halogens is 2. The fourth-order valence-electron chi connectivity index (χ4n) is 3.45. The van der Waals surface area contributed by atoms with Crippen LogP contribution in [0.5, 0.6) is 0 Å². The first-order chi connectivity index (χ1) is 15.1. The first kappa shape index (κ1) is 22.0. The zero-order valence-electron chi connectivity index (χ0n) is 16.9. The Morgan fingerprint density at radius 3 is 2.55 bits per heavy atom. The predicted octanol–water partition coefficient (Wildman–Crippen LogP) is 3.99. The standard InChI is InChI=1S/C22H23Cl2N5OS/c23-18-6-4-16(5-7-18)14-20-26-22(31-27-20)29-12-10-28(11-13-29)9-8-25-21(30)17-2-1-3-19(24)15-17/h1-7,15H,8-14H2,(H,25,30). The molecule has 6 nitrogen and oxygen atoms in total. The number of benzene rings is 2. The minimum Gasteiger partial charge on any atom is -0.351 e. The van der Waals surface area contributed by atoms with Crippen molar-refractivity contribution in [3.8, 4) is 0 Å². The fourth-order valence-corrected chi connectivity index (χ4v) is 4.50. The van der Waals surface area contributed by atoms with Crippen molar-refractivity contribution >= 4 is 45.8 Å². The van der Waals surface area contributed by atoms with Crippen LogP contribution in [0.1, 0.15) is 21.7 Å². The average Bonchev–Trinajstić information content (AvgIpc) is 3.24. The van der Waals surface area contributed by atoms with Crippen molar-refractivity contribution in [3.63, 3.8) is 0 Å². The normalized spacial score (nSPS) is 14.6. The van der Waals surface area contributed by atoms with Gasteiger partial charge in [0.25, 0.3) is 5.91 Å². The van der Waals surface area contributed by atoms with Crippen LogP contribution >= 0.6 is 34.7 Å². The van der Waals surface area contributed by atoms with Crippen molar-refractivity contribution in [1.82, 2.24) is 19.6 Å². The minimum absolute atomic E-state index is 0.0942. The molecule has 0 atom stereocenters. The van der Waals surface area contributed by atoms with E-state index in [2.05, 4.69) is 19.5 Å². The molecule has 1 aromatic heterocycles. The molecule has 2 heterocycles. The van der Waals surface area contributed by atoms with Crippen molar-refractivity contribution in [3.05, 3.63) is 75.5 Å². The molecule has 0 spiro atoms. The van der Waals surface area contributed by atoms with E-state index in [1.54, 1.807) is 24.3 Å². The molecule has 0 unspecified atom stereocenters. The molecule has 0 saturated carbocycles. The van der Waals surface area contributed by atoms with Gasteiger partial charge in [-0.1, -0.05) is 41.4 Å². The Bertz CT molecular complexity index is 1020. The molecule has 3 aromatic rings. The smallest absolute Gasteiger partial charge is 0.251 e. The van der Waals surface area contributed by atoms with Crippen molar-refractivity contribution in [1.29, 1.82) is 0 Å². The average molecular weight is 476 g/mol. The third kappa shape index (κ3) is 6.17. The summed E-state index contributed by atoms with van der Waals surface area (Å²) < 4.78 is 4.52. The molecule has 9 heteroatoms. The van der Waals surface area contributed by atoms with Gasteiger partial charge in [0.05, 0.1) is 0 Å². The lowest BCUT2D eigenvalue weighted by molar-refractivity contribution is 0.0948. The molecule has 1 N–H and O–H groups in total. The zero-order chi connectivity index (χ0) is 21.6.